The van der Waals surface area contributed by atoms with Gasteiger partial charge in [-0.15, -0.1) is 0 Å². The summed E-state index contributed by atoms with van der Waals surface area (Å²) in [5, 5.41) is 9.96. The highest BCUT2D eigenvalue weighted by molar-refractivity contribution is 6.14. The lowest BCUT2D eigenvalue weighted by Crippen LogP contribution is -2.00. The van der Waals surface area contributed by atoms with E-state index in [1.54, 1.807) is 0 Å². The van der Waals surface area contributed by atoms with Crippen molar-refractivity contribution in [3.63, 3.8) is 0 Å². The number of para-hydroxylation sites is 8. The molecule has 8 bridgehead atoms. The summed E-state index contributed by atoms with van der Waals surface area (Å²) in [6.45, 7) is 0. The van der Waals surface area contributed by atoms with Crippen molar-refractivity contribution in [3.05, 3.63) is 408 Å². The van der Waals surface area contributed by atoms with Gasteiger partial charge in [-0.25, -0.2) is 0 Å². The van der Waals surface area contributed by atoms with Crippen LogP contribution in [0.5, 0.6) is 0 Å². The molecular weight excluding hydrogens is 1260 g/mol. The van der Waals surface area contributed by atoms with Crippen molar-refractivity contribution in [2.24, 2.45) is 0 Å². The van der Waals surface area contributed by atoms with Crippen molar-refractivity contribution in [2.45, 2.75) is 25.7 Å². The Kier molecular flexibility index (Phi) is 13.9. The van der Waals surface area contributed by atoms with Gasteiger partial charge < -0.3 is 18.3 Å². The van der Waals surface area contributed by atoms with E-state index in [4.69, 9.17) is 0 Å². The van der Waals surface area contributed by atoms with Gasteiger partial charge in [0.25, 0.3) is 0 Å². The van der Waals surface area contributed by atoms with Gasteiger partial charge in [0, 0.05) is 65.8 Å². The van der Waals surface area contributed by atoms with E-state index in [2.05, 4.69) is 382 Å². The zero-order valence-corrected chi connectivity index (χ0v) is 57.3. The molecule has 0 radical (unpaired) electrons. The zero-order chi connectivity index (χ0) is 68.3. The van der Waals surface area contributed by atoms with Crippen molar-refractivity contribution in [1.82, 2.24) is 18.3 Å². The minimum absolute atomic E-state index is 0.747. The smallest absolute Gasteiger partial charge is 0.0541 e. The molecule has 104 heavy (non-hydrogen) atoms. The number of rotatable bonds is 8. The number of nitrogens with zero attached hydrogens (tertiary/aromatic N) is 4. The lowest BCUT2D eigenvalue weighted by Gasteiger charge is -2.17. The van der Waals surface area contributed by atoms with Gasteiger partial charge >= 0.3 is 0 Å². The summed E-state index contributed by atoms with van der Waals surface area (Å²) in [4.78, 5) is 0. The summed E-state index contributed by atoms with van der Waals surface area (Å²) in [5.41, 5.74) is 34.2. The summed E-state index contributed by atoms with van der Waals surface area (Å²) < 4.78 is 9.67. The van der Waals surface area contributed by atoms with E-state index in [0.29, 0.717) is 0 Å². The van der Waals surface area contributed by atoms with Crippen molar-refractivity contribution in [1.29, 1.82) is 0 Å². The first-order valence-corrected chi connectivity index (χ1v) is 36.3. The molecular formula is C100H68N4. The van der Waals surface area contributed by atoms with Crippen molar-refractivity contribution >= 4 is 87.2 Å². The molecule has 0 atom stereocenters. The Balaban J connectivity index is 0.767. The van der Waals surface area contributed by atoms with E-state index in [-0.39, 0.29) is 0 Å². The first-order valence-electron chi connectivity index (χ1n) is 36.3. The Morgan fingerprint density at radius 3 is 0.529 bits per heavy atom. The maximum absolute atomic E-state index is 2.51. The van der Waals surface area contributed by atoms with Crippen LogP contribution in [0.4, 0.5) is 0 Å². The van der Waals surface area contributed by atoms with Gasteiger partial charge in [0.15, 0.2) is 0 Å². The standard InChI is InChI=1S/C100H68N4/c1-5-21-81(22-6-1)101-93-33-17-13-29-85(93)89-61-73(37-41-97(89)101)77-53-65-45-66(54-77)50-68-47-70(58-79(56-68)75-39-43-99-91(63-75)87-31-15-19-35-95(87)103(99)83-25-9-3-10-26-83)52-72-48-71(59-80(60-72)76-40-44-100-92(64-76)88-32-16-20-36-96(88)104(100)84-27-11-4-12-28-84)51-69-46-67(49-65)55-78(57-69)74-38-42-98-90(62-74)86-30-14-18-34-94(86)102(98)82-23-7-2-8-24-82/h1-48,53-64H,49-52H2. The van der Waals surface area contributed by atoms with Crippen LogP contribution in [0.3, 0.4) is 0 Å². The second-order valence-electron chi connectivity index (χ2n) is 28.5. The third-order valence-corrected chi connectivity index (χ3v) is 21.9. The van der Waals surface area contributed by atoms with Crippen molar-refractivity contribution in [3.8, 4) is 67.3 Å². The van der Waals surface area contributed by atoms with Gasteiger partial charge in [-0.1, -0.05) is 243 Å². The number of hydrogen-bond acceptors (Lipinski definition) is 0. The lowest BCUT2D eigenvalue weighted by atomic mass is 9.88. The van der Waals surface area contributed by atoms with Crippen LogP contribution in [0.25, 0.3) is 154 Å². The molecule has 0 N–H and O–H groups in total. The monoisotopic (exact) mass is 1320 g/mol. The maximum Gasteiger partial charge on any atom is 0.0541 e. The van der Waals surface area contributed by atoms with Gasteiger partial charge in [-0.3, -0.25) is 0 Å². The van der Waals surface area contributed by atoms with Crippen LogP contribution in [-0.2, 0) is 25.7 Å². The molecule has 0 amide bonds. The van der Waals surface area contributed by atoms with Gasteiger partial charge in [0.2, 0.25) is 0 Å². The van der Waals surface area contributed by atoms with Crippen LogP contribution in [0.2, 0.25) is 0 Å². The maximum atomic E-state index is 2.51. The summed E-state index contributed by atoms with van der Waals surface area (Å²) in [6, 6.07) is 137. The Morgan fingerprint density at radius 2 is 0.317 bits per heavy atom. The van der Waals surface area contributed by atoms with E-state index < -0.39 is 0 Å². The van der Waals surface area contributed by atoms with E-state index in [9.17, 15) is 0 Å². The highest BCUT2D eigenvalue weighted by Crippen LogP contribution is 2.43. The minimum atomic E-state index is 0.747. The fraction of sp³-hybridized carbons (Fsp3) is 0.0400. The third-order valence-electron chi connectivity index (χ3n) is 21.9. The quantitative estimate of drug-likeness (QED) is 0.144. The molecule has 0 saturated carbocycles. The molecule has 21 rings (SSSR count). The highest BCUT2D eigenvalue weighted by atomic mass is 15.0. The fourth-order valence-corrected chi connectivity index (χ4v) is 17.5. The van der Waals surface area contributed by atoms with E-state index in [1.807, 2.05) is 0 Å². The average Bonchev–Trinajstić information content (AvgIpc) is 1.54. The molecule has 20 aromatic rings. The van der Waals surface area contributed by atoms with Crippen LogP contribution in [-0.4, -0.2) is 18.3 Å². The average molecular weight is 1330 g/mol. The fourth-order valence-electron chi connectivity index (χ4n) is 17.5. The molecule has 16 aromatic carbocycles. The molecule has 4 heteroatoms. The molecule has 4 nitrogen and oxygen atoms in total. The first-order chi connectivity index (χ1) is 51.5. The van der Waals surface area contributed by atoms with Crippen LogP contribution in [0.1, 0.15) is 44.5 Å². The van der Waals surface area contributed by atoms with E-state index >= 15 is 0 Å². The normalized spacial score (nSPS) is 12.5. The van der Waals surface area contributed by atoms with E-state index in [0.717, 1.165) is 48.4 Å². The van der Waals surface area contributed by atoms with E-state index in [1.165, 1.54) is 176 Å². The largest absolute Gasteiger partial charge is 0.309 e. The van der Waals surface area contributed by atoms with Crippen LogP contribution in [0, 0.1) is 0 Å². The molecule has 4 heterocycles. The SMILES string of the molecule is c1ccc(-n2c3ccccc3c3cc(-c4cc5cc(c4)Cc4cc(cc(-c6ccc7c(c6)c6ccccc6n7-c6ccccc6)c4)Cc4cc(cc(-c6ccc7c(c6)c6ccccc6n7-c6ccccc6)c4)Cc4cc(cc(-c6ccc7c(c6)c6ccccc6n7-c6ccccc6)c4)C5)ccc32)cc1. The molecule has 1 aliphatic carbocycles. The van der Waals surface area contributed by atoms with Crippen molar-refractivity contribution in [2.75, 3.05) is 0 Å². The molecule has 0 spiro atoms. The Labute approximate surface area is 603 Å². The van der Waals surface area contributed by atoms with Gasteiger partial charge in [-0.2, -0.15) is 0 Å². The molecule has 0 saturated heterocycles. The predicted octanol–water partition coefficient (Wildman–Crippen LogP) is 25.4. The summed E-state index contributed by atoms with van der Waals surface area (Å²) in [6.07, 6.45) is 2.99. The molecule has 0 fully saturated rings. The summed E-state index contributed by atoms with van der Waals surface area (Å²) in [7, 11) is 0. The Bertz CT molecular complexity index is 5920. The summed E-state index contributed by atoms with van der Waals surface area (Å²) in [5.74, 6) is 0. The Morgan fingerprint density at radius 1 is 0.135 bits per heavy atom. The molecule has 4 aromatic heterocycles. The third kappa shape index (κ3) is 10.2. The van der Waals surface area contributed by atoms with Crippen molar-refractivity contribution < 1.29 is 0 Å². The second kappa shape index (κ2) is 24.2. The molecule has 0 unspecified atom stereocenters. The summed E-state index contributed by atoms with van der Waals surface area (Å²) >= 11 is 0. The number of aromatic nitrogens is 4. The van der Waals surface area contributed by atoms with Gasteiger partial charge in [-0.05, 0) is 236 Å². The van der Waals surface area contributed by atoms with Crippen LogP contribution in [0.15, 0.2) is 364 Å². The van der Waals surface area contributed by atoms with Gasteiger partial charge in [0.1, 0.15) is 0 Å². The zero-order valence-electron chi connectivity index (χ0n) is 57.3. The second-order valence-corrected chi connectivity index (χ2v) is 28.5. The topological polar surface area (TPSA) is 19.7 Å². The molecule has 0 aliphatic heterocycles. The van der Waals surface area contributed by atoms with Crippen LogP contribution >= 0.6 is 0 Å². The lowest BCUT2D eigenvalue weighted by molar-refractivity contribution is 1.09. The molecule has 488 valence electrons. The van der Waals surface area contributed by atoms with Crippen LogP contribution < -0.4 is 0 Å². The predicted molar refractivity (Wildman–Crippen MR) is 436 cm³/mol. The Hall–Kier alpha value is -13.3. The molecule has 1 aliphatic rings. The van der Waals surface area contributed by atoms with Gasteiger partial charge in [0.05, 0.1) is 44.1 Å². The highest BCUT2D eigenvalue weighted by Gasteiger charge is 2.22. The number of fused-ring (bicyclic) bond motifs is 20. The number of hydrogen-bond donors (Lipinski definition) is 0. The first kappa shape index (κ1) is 59.6. The number of benzene rings is 16. The minimum Gasteiger partial charge on any atom is -0.309 e.